The van der Waals surface area contributed by atoms with Crippen LogP contribution >= 0.6 is 11.6 Å². The van der Waals surface area contributed by atoms with Gasteiger partial charge in [-0.05, 0) is 41.1 Å². The summed E-state index contributed by atoms with van der Waals surface area (Å²) >= 11 is 5.70. The zero-order valence-electron chi connectivity index (χ0n) is 12.8. The van der Waals surface area contributed by atoms with Crippen LogP contribution in [0.25, 0.3) is 10.8 Å². The minimum atomic E-state index is -0.710. The predicted octanol–water partition coefficient (Wildman–Crippen LogP) is 4.97. The Kier molecular flexibility index (Phi) is 3.62. The number of hydrogen-bond donors (Lipinski definition) is 0. The fraction of sp³-hybridized carbons (Fsp3) is 0. The minimum absolute atomic E-state index is 0.166. The smallest absolute Gasteiger partial charge is 0.229 e. The topological polar surface area (TPSA) is 43.4 Å². The van der Waals surface area contributed by atoms with E-state index in [1.807, 2.05) is 24.3 Å². The molecule has 0 N–H and O–H groups in total. The van der Waals surface area contributed by atoms with Crippen LogP contribution in [0.4, 0.5) is 4.39 Å². The van der Waals surface area contributed by atoms with E-state index in [1.165, 1.54) is 12.1 Å². The van der Waals surface area contributed by atoms with E-state index in [0.29, 0.717) is 5.56 Å². The van der Waals surface area contributed by atoms with Gasteiger partial charge in [0.05, 0.1) is 0 Å². The molecule has 0 aliphatic heterocycles. The van der Waals surface area contributed by atoms with Gasteiger partial charge in [0.15, 0.2) is 23.1 Å². The lowest BCUT2D eigenvalue weighted by Gasteiger charge is -2.17. The van der Waals surface area contributed by atoms with Crippen molar-refractivity contribution in [3.05, 3.63) is 88.4 Å². The van der Waals surface area contributed by atoms with Crippen LogP contribution in [0.15, 0.2) is 66.4 Å². The third kappa shape index (κ3) is 2.71. The van der Waals surface area contributed by atoms with Crippen molar-refractivity contribution in [1.82, 2.24) is 0 Å². The Morgan fingerprint density at radius 1 is 0.880 bits per heavy atom. The summed E-state index contributed by atoms with van der Waals surface area (Å²) in [4.78, 5) is 25.1. The summed E-state index contributed by atoms with van der Waals surface area (Å²) in [5.74, 6) is -1.91. The van der Waals surface area contributed by atoms with E-state index >= 15 is 0 Å². The Hall–Kier alpha value is -2.98. The summed E-state index contributed by atoms with van der Waals surface area (Å²) < 4.78 is 19.3. The molecule has 0 aromatic heterocycles. The summed E-state index contributed by atoms with van der Waals surface area (Å²) in [6.45, 7) is 0. The molecule has 0 radical (unpaired) electrons. The molecule has 122 valence electrons. The SMILES string of the molecule is O=C1C=C(Oc2ccc(Cl)cc2F)C(=O)c2cc3ccccc3cc21. The summed E-state index contributed by atoms with van der Waals surface area (Å²) in [7, 11) is 0. The number of hydrogen-bond acceptors (Lipinski definition) is 3. The molecule has 1 aliphatic rings. The van der Waals surface area contributed by atoms with Crippen LogP contribution in [0, 0.1) is 5.82 Å². The number of carbonyl (C=O) groups excluding carboxylic acids is 2. The highest BCUT2D eigenvalue weighted by Crippen LogP contribution is 2.29. The van der Waals surface area contributed by atoms with Crippen molar-refractivity contribution in [2.75, 3.05) is 0 Å². The lowest BCUT2D eigenvalue weighted by Crippen LogP contribution is -2.20. The summed E-state index contributed by atoms with van der Waals surface area (Å²) in [6, 6.07) is 14.6. The first kappa shape index (κ1) is 15.5. The maximum atomic E-state index is 13.9. The Morgan fingerprint density at radius 3 is 2.24 bits per heavy atom. The molecule has 0 spiro atoms. The molecule has 0 amide bonds. The van der Waals surface area contributed by atoms with Gasteiger partial charge in [0, 0.05) is 22.2 Å². The van der Waals surface area contributed by atoms with Crippen LogP contribution in [-0.2, 0) is 0 Å². The van der Waals surface area contributed by atoms with Crippen molar-refractivity contribution in [1.29, 1.82) is 0 Å². The number of Topliss-reactive ketones (excluding diaryl/α,β-unsaturated/α-hetero) is 1. The van der Waals surface area contributed by atoms with Gasteiger partial charge in [0.2, 0.25) is 5.78 Å². The number of halogens is 2. The van der Waals surface area contributed by atoms with Gasteiger partial charge in [-0.3, -0.25) is 9.59 Å². The Bertz CT molecular complexity index is 1090. The molecule has 3 nitrogen and oxygen atoms in total. The third-order valence-corrected chi connectivity index (χ3v) is 4.23. The fourth-order valence-electron chi connectivity index (χ4n) is 2.78. The van der Waals surface area contributed by atoms with Gasteiger partial charge in [-0.25, -0.2) is 4.39 Å². The number of ether oxygens (including phenoxy) is 1. The lowest BCUT2D eigenvalue weighted by atomic mass is 9.90. The van der Waals surface area contributed by atoms with Crippen LogP contribution in [0.2, 0.25) is 5.02 Å². The van der Waals surface area contributed by atoms with Gasteiger partial charge in [-0.2, -0.15) is 0 Å². The zero-order chi connectivity index (χ0) is 17.6. The van der Waals surface area contributed by atoms with Gasteiger partial charge in [0.1, 0.15) is 0 Å². The molecular formula is C20H10ClFO3. The predicted molar refractivity (Wildman–Crippen MR) is 92.7 cm³/mol. The van der Waals surface area contributed by atoms with Gasteiger partial charge in [0.25, 0.3) is 0 Å². The largest absolute Gasteiger partial charge is 0.450 e. The number of allylic oxidation sites excluding steroid dienone is 2. The fourth-order valence-corrected chi connectivity index (χ4v) is 2.94. The summed E-state index contributed by atoms with van der Waals surface area (Å²) in [6.07, 6.45) is 1.09. The highest BCUT2D eigenvalue weighted by molar-refractivity contribution is 6.30. The molecule has 3 aromatic rings. The highest BCUT2D eigenvalue weighted by Gasteiger charge is 2.28. The van der Waals surface area contributed by atoms with Crippen LogP contribution in [0.5, 0.6) is 5.75 Å². The lowest BCUT2D eigenvalue weighted by molar-refractivity contribution is 0.0946. The molecule has 3 aromatic carbocycles. The van der Waals surface area contributed by atoms with E-state index in [4.69, 9.17) is 16.3 Å². The van der Waals surface area contributed by atoms with Crippen LogP contribution < -0.4 is 4.74 Å². The molecule has 0 bridgehead atoms. The van der Waals surface area contributed by atoms with Gasteiger partial charge < -0.3 is 4.74 Å². The van der Waals surface area contributed by atoms with E-state index in [2.05, 4.69) is 0 Å². The average Bonchev–Trinajstić information content (AvgIpc) is 2.60. The Morgan fingerprint density at radius 2 is 1.56 bits per heavy atom. The van der Waals surface area contributed by atoms with Crippen molar-refractivity contribution in [3.63, 3.8) is 0 Å². The molecule has 0 saturated heterocycles. The first-order valence-corrected chi connectivity index (χ1v) is 7.87. The monoisotopic (exact) mass is 352 g/mol. The molecule has 25 heavy (non-hydrogen) atoms. The van der Waals surface area contributed by atoms with E-state index < -0.39 is 11.6 Å². The summed E-state index contributed by atoms with van der Waals surface area (Å²) in [5.41, 5.74) is 0.559. The van der Waals surface area contributed by atoms with E-state index in [9.17, 15) is 14.0 Å². The van der Waals surface area contributed by atoms with Crippen LogP contribution in [0.3, 0.4) is 0 Å². The number of fused-ring (bicyclic) bond motifs is 2. The second kappa shape index (κ2) is 5.83. The molecule has 1 aliphatic carbocycles. The Balaban J connectivity index is 1.77. The van der Waals surface area contributed by atoms with Gasteiger partial charge in [-0.15, -0.1) is 0 Å². The maximum Gasteiger partial charge on any atom is 0.229 e. The molecule has 0 heterocycles. The third-order valence-electron chi connectivity index (χ3n) is 4.00. The quantitative estimate of drug-likeness (QED) is 0.653. The molecule has 5 heteroatoms. The van der Waals surface area contributed by atoms with Crippen LogP contribution in [0.1, 0.15) is 20.7 Å². The second-order valence-electron chi connectivity index (χ2n) is 5.62. The zero-order valence-corrected chi connectivity index (χ0v) is 13.5. The van der Waals surface area contributed by atoms with Gasteiger partial charge >= 0.3 is 0 Å². The standard InChI is InChI=1S/C20H10ClFO3/c21-13-5-6-18(16(22)9-13)25-19-10-17(23)14-7-11-3-1-2-4-12(11)8-15(14)20(19)24/h1-10H. The number of benzene rings is 3. The van der Waals surface area contributed by atoms with Crippen molar-refractivity contribution >= 4 is 33.9 Å². The molecule has 4 rings (SSSR count). The van der Waals surface area contributed by atoms with Crippen molar-refractivity contribution in [3.8, 4) is 5.75 Å². The number of carbonyl (C=O) groups is 2. The molecule has 0 saturated carbocycles. The first-order valence-electron chi connectivity index (χ1n) is 7.49. The van der Waals surface area contributed by atoms with E-state index in [-0.39, 0.29) is 27.9 Å². The number of ketones is 2. The Labute approximate surface area is 147 Å². The maximum absolute atomic E-state index is 13.9. The van der Waals surface area contributed by atoms with Crippen molar-refractivity contribution < 1.29 is 18.7 Å². The second-order valence-corrected chi connectivity index (χ2v) is 6.06. The highest BCUT2D eigenvalue weighted by atomic mass is 35.5. The van der Waals surface area contributed by atoms with Crippen molar-refractivity contribution in [2.24, 2.45) is 0 Å². The summed E-state index contributed by atoms with van der Waals surface area (Å²) in [5, 5.41) is 1.91. The van der Waals surface area contributed by atoms with E-state index in [1.54, 1.807) is 12.1 Å². The minimum Gasteiger partial charge on any atom is -0.450 e. The van der Waals surface area contributed by atoms with Crippen LogP contribution in [-0.4, -0.2) is 11.6 Å². The molecule has 0 atom stereocenters. The normalized spacial score (nSPS) is 13.6. The van der Waals surface area contributed by atoms with Gasteiger partial charge in [-0.1, -0.05) is 35.9 Å². The molecule has 0 unspecified atom stereocenters. The van der Waals surface area contributed by atoms with E-state index in [0.717, 1.165) is 22.9 Å². The average molecular weight is 353 g/mol. The molecule has 0 fully saturated rings. The molecular weight excluding hydrogens is 343 g/mol. The van der Waals surface area contributed by atoms with Crippen molar-refractivity contribution in [2.45, 2.75) is 0 Å². The number of rotatable bonds is 2. The first-order chi connectivity index (χ1) is 12.0.